The van der Waals surface area contributed by atoms with Crippen LogP contribution in [-0.2, 0) is 11.3 Å². The van der Waals surface area contributed by atoms with E-state index >= 15 is 0 Å². The highest BCUT2D eigenvalue weighted by atomic mass is 19.1. The van der Waals surface area contributed by atoms with Crippen LogP contribution in [0.1, 0.15) is 16.1 Å². The Morgan fingerprint density at radius 1 is 1.47 bits per heavy atom. The number of phenolic OH excluding ortho intramolecular Hbond substituents is 1. The normalized spacial score (nSPS) is 10.2. The van der Waals surface area contributed by atoms with E-state index in [1.54, 1.807) is 0 Å². The molecule has 0 aliphatic rings. The van der Waals surface area contributed by atoms with E-state index in [0.29, 0.717) is 17.0 Å². The van der Waals surface area contributed by atoms with Crippen molar-refractivity contribution in [3.05, 3.63) is 47.7 Å². The summed E-state index contributed by atoms with van der Waals surface area (Å²) in [5.74, 6) is -1.09. The number of furan rings is 1. The molecule has 0 fully saturated rings. The van der Waals surface area contributed by atoms with Gasteiger partial charge in [0, 0.05) is 11.8 Å². The van der Waals surface area contributed by atoms with E-state index < -0.39 is 17.5 Å². The van der Waals surface area contributed by atoms with Crippen LogP contribution in [0.5, 0.6) is 5.75 Å². The lowest BCUT2D eigenvalue weighted by molar-refractivity contribution is 0.0600. The summed E-state index contributed by atoms with van der Waals surface area (Å²) in [6.07, 6.45) is 1.29. The second kappa shape index (κ2) is 5.43. The second-order valence-electron chi connectivity index (χ2n) is 3.81. The molecule has 0 saturated heterocycles. The van der Waals surface area contributed by atoms with Crippen LogP contribution in [0.15, 0.2) is 34.9 Å². The number of phenols is 1. The van der Waals surface area contributed by atoms with Crippen molar-refractivity contribution in [3.63, 3.8) is 0 Å². The Morgan fingerprint density at radius 2 is 2.26 bits per heavy atom. The number of hydrogen-bond donors (Lipinski definition) is 2. The molecule has 0 spiro atoms. The lowest BCUT2D eigenvalue weighted by Crippen LogP contribution is -2.00. The van der Waals surface area contributed by atoms with E-state index in [4.69, 9.17) is 9.52 Å². The van der Waals surface area contributed by atoms with Gasteiger partial charge in [-0.25, -0.2) is 9.18 Å². The van der Waals surface area contributed by atoms with Gasteiger partial charge in [-0.2, -0.15) is 0 Å². The van der Waals surface area contributed by atoms with Gasteiger partial charge < -0.3 is 19.6 Å². The van der Waals surface area contributed by atoms with Crippen molar-refractivity contribution in [1.29, 1.82) is 0 Å². The van der Waals surface area contributed by atoms with Gasteiger partial charge in [0.05, 0.1) is 19.2 Å². The number of anilines is 1. The molecule has 2 N–H and O–H groups in total. The first-order valence-electron chi connectivity index (χ1n) is 5.48. The predicted octanol–water partition coefficient (Wildman–Crippen LogP) is 2.52. The summed E-state index contributed by atoms with van der Waals surface area (Å²) in [5.41, 5.74) is 0.808. The highest BCUT2D eigenvalue weighted by molar-refractivity contribution is 5.88. The lowest BCUT2D eigenvalue weighted by Gasteiger charge is -2.04. The predicted molar refractivity (Wildman–Crippen MR) is 65.4 cm³/mol. The maximum absolute atomic E-state index is 13.1. The number of methoxy groups -OCH3 is 1. The first-order chi connectivity index (χ1) is 9.10. The van der Waals surface area contributed by atoms with Gasteiger partial charge in [0.25, 0.3) is 0 Å². The molecule has 0 bridgehead atoms. The monoisotopic (exact) mass is 265 g/mol. The van der Waals surface area contributed by atoms with Crippen molar-refractivity contribution in [2.24, 2.45) is 0 Å². The zero-order chi connectivity index (χ0) is 13.8. The number of nitrogens with one attached hydrogen (secondary N) is 1. The van der Waals surface area contributed by atoms with Crippen LogP contribution in [0.4, 0.5) is 10.1 Å². The van der Waals surface area contributed by atoms with Gasteiger partial charge in [-0.15, -0.1) is 0 Å². The molecule has 0 aliphatic carbocycles. The number of hydrogen-bond acceptors (Lipinski definition) is 5. The average molecular weight is 265 g/mol. The zero-order valence-corrected chi connectivity index (χ0v) is 10.1. The molecule has 0 radical (unpaired) electrons. The van der Waals surface area contributed by atoms with E-state index in [2.05, 4.69) is 10.1 Å². The molecular weight excluding hydrogens is 253 g/mol. The van der Waals surface area contributed by atoms with Gasteiger partial charge in [-0.3, -0.25) is 0 Å². The summed E-state index contributed by atoms with van der Waals surface area (Å²) in [6.45, 7) is 0.279. The molecule has 0 saturated carbocycles. The molecule has 0 atom stereocenters. The van der Waals surface area contributed by atoms with Gasteiger partial charge in [0.15, 0.2) is 11.6 Å². The molecule has 1 aromatic carbocycles. The highest BCUT2D eigenvalue weighted by Crippen LogP contribution is 2.20. The summed E-state index contributed by atoms with van der Waals surface area (Å²) in [5, 5.41) is 12.0. The van der Waals surface area contributed by atoms with Gasteiger partial charge in [-0.05, 0) is 18.2 Å². The van der Waals surface area contributed by atoms with E-state index in [1.807, 2.05) is 0 Å². The van der Waals surface area contributed by atoms with Crippen molar-refractivity contribution in [3.8, 4) is 5.75 Å². The molecule has 2 rings (SSSR count). The van der Waals surface area contributed by atoms with Crippen LogP contribution in [0.2, 0.25) is 0 Å². The molecule has 0 amide bonds. The van der Waals surface area contributed by atoms with Crippen molar-refractivity contribution >= 4 is 11.7 Å². The van der Waals surface area contributed by atoms with Crippen molar-refractivity contribution in [1.82, 2.24) is 0 Å². The maximum Gasteiger partial charge on any atom is 0.341 e. The SMILES string of the molecule is COC(=O)c1coc(CNc2ccc(O)c(F)c2)c1. The zero-order valence-electron chi connectivity index (χ0n) is 10.1. The van der Waals surface area contributed by atoms with Gasteiger partial charge in [0.2, 0.25) is 0 Å². The first kappa shape index (κ1) is 12.9. The molecule has 0 aliphatic heterocycles. The van der Waals surface area contributed by atoms with E-state index in [0.717, 1.165) is 0 Å². The molecule has 100 valence electrons. The quantitative estimate of drug-likeness (QED) is 0.656. The minimum Gasteiger partial charge on any atom is -0.505 e. The number of rotatable bonds is 4. The largest absolute Gasteiger partial charge is 0.505 e. The Labute approximate surface area is 108 Å². The van der Waals surface area contributed by atoms with Gasteiger partial charge in [0.1, 0.15) is 12.0 Å². The number of carbonyl (C=O) groups is 1. The molecule has 5 nitrogen and oxygen atoms in total. The van der Waals surface area contributed by atoms with E-state index in [1.165, 1.54) is 37.6 Å². The Morgan fingerprint density at radius 3 is 2.95 bits per heavy atom. The molecular formula is C13H12FNO4. The Bertz CT molecular complexity index is 594. The number of halogens is 1. The van der Waals surface area contributed by atoms with Gasteiger partial charge >= 0.3 is 5.97 Å². The number of ether oxygens (including phenoxy) is 1. The summed E-state index contributed by atoms with van der Waals surface area (Å²) < 4.78 is 22.8. The van der Waals surface area contributed by atoms with Crippen molar-refractivity contribution < 1.29 is 23.4 Å². The highest BCUT2D eigenvalue weighted by Gasteiger charge is 2.10. The summed E-state index contributed by atoms with van der Waals surface area (Å²) in [7, 11) is 1.28. The first-order valence-corrected chi connectivity index (χ1v) is 5.48. The van der Waals surface area contributed by atoms with Crippen LogP contribution in [0.25, 0.3) is 0 Å². The number of esters is 1. The molecule has 6 heteroatoms. The standard InChI is InChI=1S/C13H12FNO4/c1-18-13(17)8-4-10(19-7-8)6-15-9-2-3-12(16)11(14)5-9/h2-5,7,15-16H,6H2,1H3. The van der Waals surface area contributed by atoms with Crippen LogP contribution in [0.3, 0.4) is 0 Å². The third-order valence-corrected chi connectivity index (χ3v) is 2.49. The molecule has 19 heavy (non-hydrogen) atoms. The van der Waals surface area contributed by atoms with E-state index in [-0.39, 0.29) is 6.54 Å². The Balaban J connectivity index is 2.00. The van der Waals surface area contributed by atoms with Crippen molar-refractivity contribution in [2.45, 2.75) is 6.54 Å². The Hall–Kier alpha value is -2.50. The summed E-state index contributed by atoms with van der Waals surface area (Å²) in [4.78, 5) is 11.2. The van der Waals surface area contributed by atoms with Gasteiger partial charge in [-0.1, -0.05) is 0 Å². The number of carbonyl (C=O) groups excluding carboxylic acids is 1. The Kier molecular flexibility index (Phi) is 3.70. The minimum atomic E-state index is -0.709. The van der Waals surface area contributed by atoms with Crippen LogP contribution >= 0.6 is 0 Å². The van der Waals surface area contributed by atoms with Crippen molar-refractivity contribution in [2.75, 3.05) is 12.4 Å². The van der Waals surface area contributed by atoms with Crippen LogP contribution in [0, 0.1) is 5.82 Å². The fraction of sp³-hybridized carbons (Fsp3) is 0.154. The minimum absolute atomic E-state index is 0.279. The molecule has 2 aromatic rings. The van der Waals surface area contributed by atoms with E-state index in [9.17, 15) is 9.18 Å². The third-order valence-electron chi connectivity index (χ3n) is 2.49. The number of benzene rings is 1. The molecule has 0 unspecified atom stereocenters. The summed E-state index contributed by atoms with van der Waals surface area (Å²) in [6, 6.07) is 5.48. The third kappa shape index (κ3) is 3.04. The lowest BCUT2D eigenvalue weighted by atomic mass is 10.2. The smallest absolute Gasteiger partial charge is 0.341 e. The summed E-state index contributed by atoms with van der Waals surface area (Å²) >= 11 is 0. The second-order valence-corrected chi connectivity index (χ2v) is 3.81. The van der Waals surface area contributed by atoms with Crippen LogP contribution < -0.4 is 5.32 Å². The molecule has 1 heterocycles. The fourth-order valence-electron chi connectivity index (χ4n) is 1.50. The fourth-order valence-corrected chi connectivity index (χ4v) is 1.50. The topological polar surface area (TPSA) is 71.7 Å². The maximum atomic E-state index is 13.1. The average Bonchev–Trinajstić information content (AvgIpc) is 2.88. The number of aromatic hydroxyl groups is 1. The molecule has 1 aromatic heterocycles. The van der Waals surface area contributed by atoms with Crippen LogP contribution in [-0.4, -0.2) is 18.2 Å².